The van der Waals surface area contributed by atoms with Gasteiger partial charge < -0.3 is 25.4 Å². The Hall–Kier alpha value is -3.37. The molecule has 5 atom stereocenters. The Balaban J connectivity index is 1.38. The van der Waals surface area contributed by atoms with Crippen LogP contribution in [0.4, 0.5) is 5.82 Å². The van der Waals surface area contributed by atoms with E-state index in [1.54, 1.807) is 10.9 Å². The summed E-state index contributed by atoms with van der Waals surface area (Å²) in [5, 5.41) is 34.2. The molecule has 0 saturated carbocycles. The van der Waals surface area contributed by atoms with Crippen LogP contribution in [0, 0.1) is 0 Å². The van der Waals surface area contributed by atoms with E-state index in [0.29, 0.717) is 23.4 Å². The summed E-state index contributed by atoms with van der Waals surface area (Å²) in [7, 11) is 0. The number of hydrogen-bond donors (Lipinski definition) is 4. The number of nitrogens with one attached hydrogen (secondary N) is 1. The number of imidazole rings is 1. The Morgan fingerprint density at radius 1 is 0.970 bits per heavy atom. The molecule has 9 nitrogen and oxygen atoms in total. The summed E-state index contributed by atoms with van der Waals surface area (Å²) in [4.78, 5) is 13.3. The van der Waals surface area contributed by atoms with Crippen LogP contribution < -0.4 is 5.32 Å². The standard InChI is InChI=1S/C24H23N5O4/c30-10-18-17(31)9-19(33-18)29-12-27-21-23(25-11-26-24(21)29)28-20-15-7-3-1-5-13(15)14-6-2-4-8-16(14)22(20)32/h1-8,11-12,17-20,22,30-32H,9-10H2,(H,25,26,28)/t17-,18+,19?,20+,22+/m0/s1. The molecule has 3 heterocycles. The van der Waals surface area contributed by atoms with Crippen LogP contribution in [0.15, 0.2) is 61.2 Å². The molecule has 0 bridgehead atoms. The van der Waals surface area contributed by atoms with Gasteiger partial charge in [-0.15, -0.1) is 0 Å². The molecular weight excluding hydrogens is 422 g/mol. The van der Waals surface area contributed by atoms with E-state index in [2.05, 4.69) is 26.3 Å². The second-order valence-corrected chi connectivity index (χ2v) is 8.40. The van der Waals surface area contributed by atoms with Crippen LogP contribution in [0.5, 0.6) is 0 Å². The number of aromatic nitrogens is 4. The smallest absolute Gasteiger partial charge is 0.167 e. The first-order chi connectivity index (χ1) is 16.2. The molecular formula is C24H23N5O4. The summed E-state index contributed by atoms with van der Waals surface area (Å²) in [5.41, 5.74) is 4.99. The Labute approximate surface area is 189 Å². The second kappa shape index (κ2) is 7.89. The fraction of sp³-hybridized carbons (Fsp3) is 0.292. The summed E-state index contributed by atoms with van der Waals surface area (Å²) in [5.74, 6) is 0.495. The predicted molar refractivity (Wildman–Crippen MR) is 120 cm³/mol. The minimum absolute atomic E-state index is 0.257. The number of benzene rings is 2. The maximum Gasteiger partial charge on any atom is 0.167 e. The lowest BCUT2D eigenvalue weighted by molar-refractivity contribution is -0.0432. The lowest BCUT2D eigenvalue weighted by Crippen LogP contribution is -2.24. The van der Waals surface area contributed by atoms with E-state index in [9.17, 15) is 15.3 Å². The zero-order valence-corrected chi connectivity index (χ0v) is 17.6. The quantitative estimate of drug-likeness (QED) is 0.377. The van der Waals surface area contributed by atoms with Crippen LogP contribution in [0.25, 0.3) is 22.3 Å². The molecule has 1 aliphatic carbocycles. The number of aliphatic hydroxyl groups is 3. The van der Waals surface area contributed by atoms with Crippen molar-refractivity contribution in [3.8, 4) is 11.1 Å². The average molecular weight is 445 g/mol. The maximum atomic E-state index is 11.3. The van der Waals surface area contributed by atoms with Crippen molar-refractivity contribution in [1.29, 1.82) is 0 Å². The monoisotopic (exact) mass is 445 g/mol. The number of ether oxygens (including phenoxy) is 1. The molecule has 2 aliphatic rings. The van der Waals surface area contributed by atoms with Gasteiger partial charge in [-0.2, -0.15) is 0 Å². The largest absolute Gasteiger partial charge is 0.394 e. The molecule has 1 fully saturated rings. The molecule has 4 N–H and O–H groups in total. The van der Waals surface area contributed by atoms with Crippen LogP contribution in [-0.2, 0) is 4.74 Å². The molecule has 0 spiro atoms. The minimum atomic E-state index is -0.776. The third kappa shape index (κ3) is 3.20. The van der Waals surface area contributed by atoms with E-state index >= 15 is 0 Å². The van der Waals surface area contributed by atoms with Gasteiger partial charge in [0.15, 0.2) is 17.0 Å². The van der Waals surface area contributed by atoms with Gasteiger partial charge in [0, 0.05) is 6.42 Å². The number of aliphatic hydroxyl groups excluding tert-OH is 3. The summed E-state index contributed by atoms with van der Waals surface area (Å²) in [6.07, 6.45) is 0.704. The zero-order chi connectivity index (χ0) is 22.5. The van der Waals surface area contributed by atoms with Gasteiger partial charge in [-0.05, 0) is 22.3 Å². The molecule has 2 aromatic heterocycles. The fourth-order valence-electron chi connectivity index (χ4n) is 4.89. The molecule has 1 unspecified atom stereocenters. The first-order valence-electron chi connectivity index (χ1n) is 10.9. The Morgan fingerprint density at radius 2 is 1.70 bits per heavy atom. The Kier molecular flexibility index (Phi) is 4.84. The minimum Gasteiger partial charge on any atom is -0.394 e. The zero-order valence-electron chi connectivity index (χ0n) is 17.6. The van der Waals surface area contributed by atoms with Crippen molar-refractivity contribution in [1.82, 2.24) is 19.5 Å². The summed E-state index contributed by atoms with van der Waals surface area (Å²) in [6, 6.07) is 15.4. The highest BCUT2D eigenvalue weighted by molar-refractivity contribution is 5.84. The van der Waals surface area contributed by atoms with Crippen molar-refractivity contribution in [2.45, 2.75) is 37.0 Å². The van der Waals surface area contributed by atoms with E-state index in [4.69, 9.17) is 4.74 Å². The molecule has 2 aromatic carbocycles. The first kappa shape index (κ1) is 20.3. The van der Waals surface area contributed by atoms with E-state index < -0.39 is 30.6 Å². The maximum absolute atomic E-state index is 11.3. The molecule has 1 saturated heterocycles. The van der Waals surface area contributed by atoms with E-state index in [-0.39, 0.29) is 6.61 Å². The normalized spacial score (nSPS) is 26.2. The Bertz CT molecular complexity index is 1330. The lowest BCUT2D eigenvalue weighted by Gasteiger charge is -2.33. The molecule has 0 amide bonds. The highest BCUT2D eigenvalue weighted by atomic mass is 16.5. The van der Waals surface area contributed by atoms with Crippen molar-refractivity contribution in [2.75, 3.05) is 11.9 Å². The van der Waals surface area contributed by atoms with Gasteiger partial charge in [-0.3, -0.25) is 4.57 Å². The SMILES string of the molecule is OC[C@H]1OC(n2cnc3c(N[C@@H]4c5ccccc5-c5ccccc5[C@H]4O)ncnc32)C[C@@H]1O. The number of rotatable bonds is 4. The highest BCUT2D eigenvalue weighted by Gasteiger charge is 2.36. The second-order valence-electron chi connectivity index (χ2n) is 8.40. The van der Waals surface area contributed by atoms with Gasteiger partial charge >= 0.3 is 0 Å². The van der Waals surface area contributed by atoms with E-state index in [1.807, 2.05) is 42.5 Å². The molecule has 9 heteroatoms. The summed E-state index contributed by atoms with van der Waals surface area (Å²) < 4.78 is 7.51. The van der Waals surface area contributed by atoms with Crippen molar-refractivity contribution in [2.24, 2.45) is 0 Å². The molecule has 33 heavy (non-hydrogen) atoms. The first-order valence-corrected chi connectivity index (χ1v) is 10.9. The topological polar surface area (TPSA) is 126 Å². The van der Waals surface area contributed by atoms with Gasteiger partial charge in [0.1, 0.15) is 24.8 Å². The van der Waals surface area contributed by atoms with Crippen LogP contribution in [0.2, 0.25) is 0 Å². The van der Waals surface area contributed by atoms with Crippen molar-refractivity contribution in [3.63, 3.8) is 0 Å². The molecule has 1 aliphatic heterocycles. The fourth-order valence-corrected chi connectivity index (χ4v) is 4.89. The molecule has 4 aromatic rings. The van der Waals surface area contributed by atoms with Crippen molar-refractivity contribution >= 4 is 17.0 Å². The average Bonchev–Trinajstić information content (AvgIpc) is 3.45. The highest BCUT2D eigenvalue weighted by Crippen LogP contribution is 2.45. The van der Waals surface area contributed by atoms with Crippen LogP contribution in [0.1, 0.15) is 35.9 Å². The van der Waals surface area contributed by atoms with Gasteiger partial charge in [-0.25, -0.2) is 15.0 Å². The predicted octanol–water partition coefficient (Wildman–Crippen LogP) is 2.33. The van der Waals surface area contributed by atoms with Gasteiger partial charge in [-0.1, -0.05) is 48.5 Å². The van der Waals surface area contributed by atoms with E-state index in [1.165, 1.54) is 6.33 Å². The molecule has 168 valence electrons. The molecule has 0 radical (unpaired) electrons. The van der Waals surface area contributed by atoms with Crippen LogP contribution in [-0.4, -0.2) is 53.7 Å². The molecule has 6 rings (SSSR count). The summed E-state index contributed by atoms with van der Waals surface area (Å²) in [6.45, 7) is -0.257. The van der Waals surface area contributed by atoms with E-state index in [0.717, 1.165) is 22.3 Å². The third-order valence-corrected chi connectivity index (χ3v) is 6.53. The van der Waals surface area contributed by atoms with Crippen LogP contribution >= 0.6 is 0 Å². The van der Waals surface area contributed by atoms with Crippen molar-refractivity contribution in [3.05, 3.63) is 72.3 Å². The third-order valence-electron chi connectivity index (χ3n) is 6.53. The summed E-state index contributed by atoms with van der Waals surface area (Å²) >= 11 is 0. The number of hydrogen-bond acceptors (Lipinski definition) is 8. The number of nitrogens with zero attached hydrogens (tertiary/aromatic N) is 4. The van der Waals surface area contributed by atoms with Gasteiger partial charge in [0.2, 0.25) is 0 Å². The Morgan fingerprint density at radius 3 is 2.45 bits per heavy atom. The van der Waals surface area contributed by atoms with Crippen LogP contribution in [0.3, 0.4) is 0 Å². The number of anilines is 1. The van der Waals surface area contributed by atoms with Gasteiger partial charge in [0.05, 0.1) is 25.1 Å². The van der Waals surface area contributed by atoms with Gasteiger partial charge in [0.25, 0.3) is 0 Å². The lowest BCUT2D eigenvalue weighted by atomic mass is 9.80. The van der Waals surface area contributed by atoms with Crippen molar-refractivity contribution < 1.29 is 20.1 Å². The number of fused-ring (bicyclic) bond motifs is 4.